The summed E-state index contributed by atoms with van der Waals surface area (Å²) in [7, 11) is 0. The molecule has 110 valence electrons. The van der Waals surface area contributed by atoms with Crippen molar-refractivity contribution < 1.29 is 9.50 Å². The Morgan fingerprint density at radius 3 is 2.71 bits per heavy atom. The minimum absolute atomic E-state index is 0.00776. The van der Waals surface area contributed by atoms with E-state index >= 15 is 0 Å². The summed E-state index contributed by atoms with van der Waals surface area (Å²) in [4.78, 5) is 0. The number of rotatable bonds is 5. The van der Waals surface area contributed by atoms with E-state index in [1.807, 2.05) is 24.3 Å². The van der Waals surface area contributed by atoms with E-state index in [4.69, 9.17) is 0 Å². The molecule has 0 spiro atoms. The normalized spacial score (nSPS) is 18.5. The highest BCUT2D eigenvalue weighted by Gasteiger charge is 2.26. The number of nitrogens with one attached hydrogen (secondary N) is 1. The Morgan fingerprint density at radius 1 is 1.14 bits per heavy atom. The average molecular weight is 285 g/mol. The molecule has 21 heavy (non-hydrogen) atoms. The maximum Gasteiger partial charge on any atom is 0.126 e. The second-order valence-electron chi connectivity index (χ2n) is 5.63. The monoisotopic (exact) mass is 285 g/mol. The minimum atomic E-state index is -0.111. The van der Waals surface area contributed by atoms with E-state index < -0.39 is 0 Å². The molecule has 3 heteroatoms. The van der Waals surface area contributed by atoms with Crippen LogP contribution < -0.4 is 5.32 Å². The van der Waals surface area contributed by atoms with Crippen molar-refractivity contribution in [1.82, 2.24) is 5.32 Å². The van der Waals surface area contributed by atoms with Crippen LogP contribution in [0.1, 0.15) is 29.2 Å². The van der Waals surface area contributed by atoms with Crippen molar-refractivity contribution in [3.05, 3.63) is 71.0 Å². The second kappa shape index (κ2) is 6.37. The van der Waals surface area contributed by atoms with Gasteiger partial charge in [-0.15, -0.1) is 0 Å². The molecule has 1 aliphatic rings. The highest BCUT2D eigenvalue weighted by molar-refractivity contribution is 5.35. The molecule has 0 aliphatic heterocycles. The summed E-state index contributed by atoms with van der Waals surface area (Å²) in [5, 5.41) is 13.1. The molecule has 2 nitrogen and oxygen atoms in total. The van der Waals surface area contributed by atoms with Crippen LogP contribution in [0.5, 0.6) is 0 Å². The van der Waals surface area contributed by atoms with E-state index in [1.54, 1.807) is 6.07 Å². The Balaban J connectivity index is 1.70. The number of aliphatic hydroxyl groups is 1. The smallest absolute Gasteiger partial charge is 0.126 e. The van der Waals surface area contributed by atoms with Crippen LogP contribution in [-0.4, -0.2) is 17.8 Å². The molecule has 0 saturated carbocycles. The lowest BCUT2D eigenvalue weighted by molar-refractivity contribution is 0.230. The third-order valence-electron chi connectivity index (χ3n) is 4.20. The molecule has 1 unspecified atom stereocenters. The van der Waals surface area contributed by atoms with Gasteiger partial charge in [0.05, 0.1) is 6.61 Å². The second-order valence-corrected chi connectivity index (χ2v) is 5.63. The van der Waals surface area contributed by atoms with Crippen LogP contribution in [0.25, 0.3) is 0 Å². The van der Waals surface area contributed by atoms with Gasteiger partial charge in [0.15, 0.2) is 0 Å². The lowest BCUT2D eigenvalue weighted by atomic mass is 10.0. The van der Waals surface area contributed by atoms with Crippen LogP contribution in [-0.2, 0) is 12.8 Å². The molecular weight excluding hydrogens is 265 g/mol. The lowest BCUT2D eigenvalue weighted by Gasteiger charge is -2.22. The average Bonchev–Trinajstić information content (AvgIpc) is 2.92. The number of hydrogen-bond donors (Lipinski definition) is 2. The number of halogens is 1. The Morgan fingerprint density at radius 2 is 1.95 bits per heavy atom. The summed E-state index contributed by atoms with van der Waals surface area (Å²) in [5.74, 6) is -0.111. The molecule has 2 N–H and O–H groups in total. The largest absolute Gasteiger partial charge is 0.395 e. The number of aliphatic hydroxyl groups excluding tert-OH is 1. The molecule has 3 rings (SSSR count). The van der Waals surface area contributed by atoms with Crippen LogP contribution in [0.2, 0.25) is 0 Å². The molecule has 0 aromatic heterocycles. The Hall–Kier alpha value is -1.71. The molecule has 0 heterocycles. The number of benzene rings is 2. The fourth-order valence-electron chi connectivity index (χ4n) is 3.14. The Labute approximate surface area is 124 Å². The first-order valence-corrected chi connectivity index (χ1v) is 7.46. The van der Waals surface area contributed by atoms with E-state index in [9.17, 15) is 9.50 Å². The summed E-state index contributed by atoms with van der Waals surface area (Å²) in [5.41, 5.74) is 3.06. The van der Waals surface area contributed by atoms with Crippen molar-refractivity contribution in [1.29, 1.82) is 0 Å². The van der Waals surface area contributed by atoms with Gasteiger partial charge in [-0.05, 0) is 42.0 Å². The first-order chi connectivity index (χ1) is 10.3. The summed E-state index contributed by atoms with van der Waals surface area (Å²) < 4.78 is 13.8. The molecule has 2 aromatic carbocycles. The van der Waals surface area contributed by atoms with Crippen LogP contribution in [0, 0.1) is 5.82 Å². The maximum absolute atomic E-state index is 13.8. The van der Waals surface area contributed by atoms with Gasteiger partial charge in [0.2, 0.25) is 0 Å². The predicted octanol–water partition coefficient (Wildman–Crippen LogP) is 3.01. The standard InChI is InChI=1S/C18H20FNO/c19-17-8-4-7-16-15(17)9-10-18(16)20-14(12-21)11-13-5-2-1-3-6-13/h1-8,14,18,20-21H,9-12H2/t14-,18?/m1/s1. The summed E-state index contributed by atoms with van der Waals surface area (Å²) >= 11 is 0. The van der Waals surface area contributed by atoms with Gasteiger partial charge in [0.1, 0.15) is 5.82 Å². The van der Waals surface area contributed by atoms with Gasteiger partial charge in [0, 0.05) is 12.1 Å². The van der Waals surface area contributed by atoms with Crippen LogP contribution >= 0.6 is 0 Å². The van der Waals surface area contributed by atoms with E-state index in [1.165, 1.54) is 11.6 Å². The first-order valence-electron chi connectivity index (χ1n) is 7.46. The fourth-order valence-corrected chi connectivity index (χ4v) is 3.14. The van der Waals surface area contributed by atoms with Crippen molar-refractivity contribution in [2.45, 2.75) is 31.3 Å². The Bertz CT molecular complexity index is 599. The van der Waals surface area contributed by atoms with E-state index in [2.05, 4.69) is 17.4 Å². The third kappa shape index (κ3) is 3.14. The van der Waals surface area contributed by atoms with Crippen molar-refractivity contribution in [2.75, 3.05) is 6.61 Å². The van der Waals surface area contributed by atoms with Crippen LogP contribution in [0.4, 0.5) is 4.39 Å². The zero-order valence-corrected chi connectivity index (χ0v) is 11.9. The predicted molar refractivity (Wildman–Crippen MR) is 81.6 cm³/mol. The number of fused-ring (bicyclic) bond motifs is 1. The highest BCUT2D eigenvalue weighted by Crippen LogP contribution is 2.33. The van der Waals surface area contributed by atoms with Crippen molar-refractivity contribution in [3.8, 4) is 0 Å². The summed E-state index contributed by atoms with van der Waals surface area (Å²) in [6.45, 7) is 0.0794. The summed E-state index contributed by atoms with van der Waals surface area (Å²) in [6, 6.07) is 15.5. The number of hydrogen-bond acceptors (Lipinski definition) is 2. The first kappa shape index (κ1) is 14.2. The SMILES string of the molecule is OC[C@@H](Cc1ccccc1)NC1CCc2c(F)cccc21. The van der Waals surface area contributed by atoms with Gasteiger partial charge in [0.25, 0.3) is 0 Å². The zero-order valence-electron chi connectivity index (χ0n) is 11.9. The molecule has 0 radical (unpaired) electrons. The fraction of sp³-hybridized carbons (Fsp3) is 0.333. The van der Waals surface area contributed by atoms with Gasteiger partial charge >= 0.3 is 0 Å². The minimum Gasteiger partial charge on any atom is -0.395 e. The molecule has 0 bridgehead atoms. The van der Waals surface area contributed by atoms with E-state index in [0.29, 0.717) is 0 Å². The van der Waals surface area contributed by atoms with Gasteiger partial charge in [-0.25, -0.2) is 4.39 Å². The summed E-state index contributed by atoms with van der Waals surface area (Å²) in [6.07, 6.45) is 2.43. The zero-order chi connectivity index (χ0) is 14.7. The maximum atomic E-state index is 13.8. The molecule has 0 fully saturated rings. The topological polar surface area (TPSA) is 32.3 Å². The molecule has 1 aliphatic carbocycles. The lowest BCUT2D eigenvalue weighted by Crippen LogP contribution is -2.36. The van der Waals surface area contributed by atoms with E-state index in [0.717, 1.165) is 30.4 Å². The quantitative estimate of drug-likeness (QED) is 0.885. The molecule has 2 aromatic rings. The third-order valence-corrected chi connectivity index (χ3v) is 4.20. The van der Waals surface area contributed by atoms with Gasteiger partial charge < -0.3 is 10.4 Å². The van der Waals surface area contributed by atoms with Crippen molar-refractivity contribution in [2.24, 2.45) is 0 Å². The highest BCUT2D eigenvalue weighted by atomic mass is 19.1. The van der Waals surface area contributed by atoms with Crippen molar-refractivity contribution >= 4 is 0 Å². The molecule has 0 amide bonds. The Kier molecular flexibility index (Phi) is 4.32. The van der Waals surface area contributed by atoms with Crippen LogP contribution in [0.3, 0.4) is 0 Å². The van der Waals surface area contributed by atoms with Gasteiger partial charge in [-0.2, -0.15) is 0 Å². The molecule has 2 atom stereocenters. The van der Waals surface area contributed by atoms with Gasteiger partial charge in [-0.3, -0.25) is 0 Å². The van der Waals surface area contributed by atoms with Crippen LogP contribution in [0.15, 0.2) is 48.5 Å². The molecular formula is C18H20FNO. The van der Waals surface area contributed by atoms with Crippen molar-refractivity contribution in [3.63, 3.8) is 0 Å². The molecule has 0 saturated heterocycles. The van der Waals surface area contributed by atoms with E-state index in [-0.39, 0.29) is 24.5 Å². The van der Waals surface area contributed by atoms with Gasteiger partial charge in [-0.1, -0.05) is 42.5 Å².